The first-order valence-corrected chi connectivity index (χ1v) is 8.13. The maximum absolute atomic E-state index is 13.3. The maximum Gasteiger partial charge on any atom is 0.206 e. The predicted octanol–water partition coefficient (Wildman–Crippen LogP) is 1.76. The molecule has 0 saturated carbocycles. The number of benzene rings is 2. The van der Waals surface area contributed by atoms with Crippen LogP contribution < -0.4 is 15.2 Å². The van der Waals surface area contributed by atoms with Gasteiger partial charge in [0.1, 0.15) is 18.5 Å². The van der Waals surface area contributed by atoms with E-state index in [1.165, 1.54) is 36.4 Å². The van der Waals surface area contributed by atoms with Crippen LogP contribution in [0.1, 0.15) is 0 Å². The van der Waals surface area contributed by atoms with Gasteiger partial charge < -0.3 is 15.2 Å². The average molecular weight is 323 g/mol. The van der Waals surface area contributed by atoms with Crippen LogP contribution in [0.15, 0.2) is 52.3 Å². The van der Waals surface area contributed by atoms with Crippen molar-refractivity contribution in [2.75, 3.05) is 13.2 Å². The molecule has 116 valence electrons. The van der Waals surface area contributed by atoms with Crippen molar-refractivity contribution < 1.29 is 22.3 Å². The molecule has 0 aliphatic carbocycles. The fourth-order valence-corrected chi connectivity index (χ4v) is 3.46. The lowest BCUT2D eigenvalue weighted by Crippen LogP contribution is -2.35. The van der Waals surface area contributed by atoms with Gasteiger partial charge in [0.05, 0.1) is 9.79 Å². The van der Waals surface area contributed by atoms with Gasteiger partial charge in [0.2, 0.25) is 9.84 Å². The molecule has 1 aliphatic rings. The smallest absolute Gasteiger partial charge is 0.206 e. The Balaban J connectivity index is 2.02. The summed E-state index contributed by atoms with van der Waals surface area (Å²) in [7, 11) is -3.83. The van der Waals surface area contributed by atoms with Gasteiger partial charge in [-0.1, -0.05) is 6.07 Å². The molecule has 0 saturated heterocycles. The van der Waals surface area contributed by atoms with Crippen molar-refractivity contribution in [3.05, 3.63) is 48.3 Å². The first-order valence-electron chi connectivity index (χ1n) is 6.65. The fourth-order valence-electron chi connectivity index (χ4n) is 2.15. The molecule has 0 amide bonds. The van der Waals surface area contributed by atoms with Gasteiger partial charge in [-0.25, -0.2) is 12.8 Å². The molecular weight excluding hydrogens is 309 g/mol. The molecule has 5 nitrogen and oxygen atoms in total. The molecule has 0 fully saturated rings. The molecule has 1 atom stereocenters. The highest BCUT2D eigenvalue weighted by atomic mass is 32.2. The van der Waals surface area contributed by atoms with Crippen molar-refractivity contribution in [1.82, 2.24) is 0 Å². The van der Waals surface area contributed by atoms with Crippen LogP contribution in [0.25, 0.3) is 0 Å². The van der Waals surface area contributed by atoms with Crippen LogP contribution in [-0.2, 0) is 9.84 Å². The Morgan fingerprint density at radius 1 is 1.14 bits per heavy atom. The van der Waals surface area contributed by atoms with Crippen molar-refractivity contribution in [2.24, 2.45) is 5.73 Å². The Morgan fingerprint density at radius 3 is 2.64 bits per heavy atom. The van der Waals surface area contributed by atoms with Gasteiger partial charge in [-0.2, -0.15) is 0 Å². The zero-order chi connectivity index (χ0) is 15.7. The molecule has 3 rings (SSSR count). The Hall–Kier alpha value is -2.12. The number of fused-ring (bicyclic) bond motifs is 1. The van der Waals surface area contributed by atoms with Crippen molar-refractivity contribution in [3.63, 3.8) is 0 Å². The maximum atomic E-state index is 13.3. The highest BCUT2D eigenvalue weighted by molar-refractivity contribution is 7.91. The largest absolute Gasteiger partial charge is 0.486 e. The molecule has 1 aliphatic heterocycles. The van der Waals surface area contributed by atoms with E-state index >= 15 is 0 Å². The van der Waals surface area contributed by atoms with Gasteiger partial charge in [0.15, 0.2) is 11.5 Å². The van der Waals surface area contributed by atoms with Gasteiger partial charge in [-0.3, -0.25) is 0 Å². The second kappa shape index (κ2) is 5.58. The van der Waals surface area contributed by atoms with Crippen molar-refractivity contribution >= 4 is 9.84 Å². The van der Waals surface area contributed by atoms with E-state index in [1.54, 1.807) is 0 Å². The van der Waals surface area contributed by atoms with E-state index in [1.807, 2.05) is 0 Å². The summed E-state index contributed by atoms with van der Waals surface area (Å²) >= 11 is 0. The average Bonchev–Trinajstić information content (AvgIpc) is 2.53. The van der Waals surface area contributed by atoms with Crippen molar-refractivity contribution in [1.29, 1.82) is 0 Å². The molecule has 7 heteroatoms. The summed E-state index contributed by atoms with van der Waals surface area (Å²) in [6.07, 6.45) is -0.320. The first-order chi connectivity index (χ1) is 10.5. The molecule has 0 unspecified atom stereocenters. The summed E-state index contributed by atoms with van der Waals surface area (Å²) in [6.45, 7) is 0.583. The summed E-state index contributed by atoms with van der Waals surface area (Å²) in [5.74, 6) is 0.170. The minimum Gasteiger partial charge on any atom is -0.486 e. The number of rotatable bonds is 3. The third-order valence-electron chi connectivity index (χ3n) is 3.31. The molecular formula is C15H14FNO4S. The molecule has 0 radical (unpaired) electrons. The van der Waals surface area contributed by atoms with E-state index < -0.39 is 15.7 Å². The van der Waals surface area contributed by atoms with E-state index in [4.69, 9.17) is 15.2 Å². The molecule has 1 heterocycles. The monoisotopic (exact) mass is 323 g/mol. The number of hydrogen-bond acceptors (Lipinski definition) is 5. The van der Waals surface area contributed by atoms with Gasteiger partial charge >= 0.3 is 0 Å². The highest BCUT2D eigenvalue weighted by Gasteiger charge is 2.24. The Morgan fingerprint density at radius 2 is 1.91 bits per heavy atom. The second-order valence-corrected chi connectivity index (χ2v) is 6.81. The van der Waals surface area contributed by atoms with E-state index in [9.17, 15) is 12.8 Å². The summed E-state index contributed by atoms with van der Waals surface area (Å²) in [4.78, 5) is -0.0994. The number of ether oxygens (including phenoxy) is 2. The van der Waals surface area contributed by atoms with Gasteiger partial charge in [-0.05, 0) is 30.3 Å². The van der Waals surface area contributed by atoms with E-state index in [0.717, 1.165) is 6.07 Å². The molecule has 0 aromatic heterocycles. The zero-order valence-electron chi connectivity index (χ0n) is 11.5. The minimum atomic E-state index is -3.83. The third kappa shape index (κ3) is 2.65. The molecule has 22 heavy (non-hydrogen) atoms. The van der Waals surface area contributed by atoms with Crippen LogP contribution in [0.4, 0.5) is 4.39 Å². The topological polar surface area (TPSA) is 78.6 Å². The van der Waals surface area contributed by atoms with Gasteiger partial charge in [0.25, 0.3) is 0 Å². The van der Waals surface area contributed by atoms with Crippen LogP contribution in [-0.4, -0.2) is 27.7 Å². The van der Waals surface area contributed by atoms with Crippen LogP contribution >= 0.6 is 0 Å². The number of sulfone groups is 1. The quantitative estimate of drug-likeness (QED) is 0.931. The zero-order valence-corrected chi connectivity index (χ0v) is 12.3. The lowest BCUT2D eigenvalue weighted by atomic mass is 10.2. The number of halogens is 1. The second-order valence-electron chi connectivity index (χ2n) is 4.86. The van der Waals surface area contributed by atoms with E-state index in [-0.39, 0.29) is 22.4 Å². The minimum absolute atomic E-state index is 0.0121. The normalized spacial score (nSPS) is 17.3. The summed E-state index contributed by atoms with van der Waals surface area (Å²) in [6, 6.07) is 9.17. The molecule has 2 aromatic carbocycles. The third-order valence-corrected chi connectivity index (χ3v) is 5.06. The van der Waals surface area contributed by atoms with Crippen LogP contribution in [0.2, 0.25) is 0 Å². The molecule has 2 aromatic rings. The summed E-state index contributed by atoms with van der Waals surface area (Å²) in [5, 5.41) is 0. The number of nitrogens with two attached hydrogens (primary N) is 1. The summed E-state index contributed by atoms with van der Waals surface area (Å²) in [5.41, 5.74) is 5.53. The number of hydrogen-bond donors (Lipinski definition) is 1. The molecule has 2 N–H and O–H groups in total. The SMILES string of the molecule is NC[C@H]1COc2ccc(S(=O)(=O)c3cccc(F)c3)cc2O1. The Labute approximate surface area is 127 Å². The molecule has 0 bridgehead atoms. The molecule has 0 spiro atoms. The van der Waals surface area contributed by atoms with Crippen molar-refractivity contribution in [2.45, 2.75) is 15.9 Å². The van der Waals surface area contributed by atoms with Gasteiger partial charge in [0, 0.05) is 12.6 Å². The summed E-state index contributed by atoms with van der Waals surface area (Å²) < 4.78 is 49.4. The lowest BCUT2D eigenvalue weighted by molar-refractivity contribution is 0.0964. The van der Waals surface area contributed by atoms with Crippen LogP contribution in [0.3, 0.4) is 0 Å². The Kier molecular flexibility index (Phi) is 3.76. The van der Waals surface area contributed by atoms with Crippen molar-refractivity contribution in [3.8, 4) is 11.5 Å². The standard InChI is InChI=1S/C15H14FNO4S/c16-10-2-1-3-12(6-10)22(18,19)13-4-5-14-15(7-13)21-11(8-17)9-20-14/h1-7,11H,8-9,17H2/t11-/m0/s1. The fraction of sp³-hybridized carbons (Fsp3) is 0.200. The predicted molar refractivity (Wildman–Crippen MR) is 77.3 cm³/mol. The lowest BCUT2D eigenvalue weighted by Gasteiger charge is -2.25. The Bertz CT molecular complexity index is 807. The highest BCUT2D eigenvalue weighted by Crippen LogP contribution is 2.35. The van der Waals surface area contributed by atoms with Gasteiger partial charge in [-0.15, -0.1) is 0 Å². The van der Waals surface area contributed by atoms with E-state index in [0.29, 0.717) is 18.1 Å². The van der Waals surface area contributed by atoms with Crippen LogP contribution in [0.5, 0.6) is 11.5 Å². The first kappa shape index (κ1) is 14.8. The van der Waals surface area contributed by atoms with E-state index in [2.05, 4.69) is 0 Å². The van der Waals surface area contributed by atoms with Crippen LogP contribution in [0, 0.1) is 5.82 Å².